The first-order chi connectivity index (χ1) is 13.8. The van der Waals surface area contributed by atoms with Crippen LogP contribution < -0.4 is 10.9 Å². The molecule has 4 rings (SSSR count). The molecule has 29 heavy (non-hydrogen) atoms. The second kappa shape index (κ2) is 7.28. The molecule has 0 saturated carbocycles. The lowest BCUT2D eigenvalue weighted by Crippen LogP contribution is -2.10. The highest BCUT2D eigenvalue weighted by atomic mass is 16.4. The summed E-state index contributed by atoms with van der Waals surface area (Å²) in [7, 11) is 0. The zero-order valence-electron chi connectivity index (χ0n) is 17.2. The smallest absolute Gasteiger partial charge is 0.347 e. The molecule has 0 aliphatic carbocycles. The summed E-state index contributed by atoms with van der Waals surface area (Å²) in [5.41, 5.74) is 4.23. The number of furan rings is 1. The minimum absolute atomic E-state index is 0.0571. The lowest BCUT2D eigenvalue weighted by atomic mass is 9.86. The third kappa shape index (κ3) is 3.83. The molecule has 0 bridgehead atoms. The van der Waals surface area contributed by atoms with Gasteiger partial charge in [-0.1, -0.05) is 75.4 Å². The Bertz CT molecular complexity index is 1190. The van der Waals surface area contributed by atoms with Crippen LogP contribution in [0.15, 0.2) is 74.3 Å². The van der Waals surface area contributed by atoms with Gasteiger partial charge in [0.15, 0.2) is 0 Å². The van der Waals surface area contributed by atoms with Gasteiger partial charge in [0.25, 0.3) is 0 Å². The van der Waals surface area contributed by atoms with Gasteiger partial charge in [0.1, 0.15) is 16.7 Å². The molecule has 4 heteroatoms. The average molecular weight is 387 g/mol. The van der Waals surface area contributed by atoms with Crippen LogP contribution in [0.3, 0.4) is 0 Å². The summed E-state index contributed by atoms with van der Waals surface area (Å²) in [6.07, 6.45) is 0. The maximum absolute atomic E-state index is 12.7. The highest BCUT2D eigenvalue weighted by Gasteiger charge is 2.21. The zero-order chi connectivity index (χ0) is 20.6. The number of aryl methyl sites for hydroxylation is 1. The van der Waals surface area contributed by atoms with Gasteiger partial charge in [0, 0.05) is 12.6 Å². The highest BCUT2D eigenvalue weighted by molar-refractivity contribution is 5.99. The van der Waals surface area contributed by atoms with Crippen molar-refractivity contribution in [1.82, 2.24) is 0 Å². The summed E-state index contributed by atoms with van der Waals surface area (Å²) in [5, 5.41) is 3.83. The fourth-order valence-electron chi connectivity index (χ4n) is 3.48. The molecule has 0 unspecified atom stereocenters. The van der Waals surface area contributed by atoms with E-state index in [4.69, 9.17) is 8.83 Å². The number of nitrogens with one attached hydrogen (secondary N) is 1. The second-order valence-corrected chi connectivity index (χ2v) is 8.36. The molecule has 2 aromatic heterocycles. The Balaban J connectivity index is 1.82. The van der Waals surface area contributed by atoms with Crippen LogP contribution in [-0.2, 0) is 12.0 Å². The first-order valence-electron chi connectivity index (χ1n) is 9.79. The molecule has 0 spiro atoms. The Hall–Kier alpha value is -3.27. The van der Waals surface area contributed by atoms with E-state index in [9.17, 15) is 4.79 Å². The third-order valence-electron chi connectivity index (χ3n) is 5.06. The van der Waals surface area contributed by atoms with Gasteiger partial charge in [-0.25, -0.2) is 4.79 Å². The minimum Gasteiger partial charge on any atom is -0.440 e. The van der Waals surface area contributed by atoms with Crippen LogP contribution in [0.2, 0.25) is 0 Å². The summed E-state index contributed by atoms with van der Waals surface area (Å²) in [4.78, 5) is 12.7. The maximum Gasteiger partial charge on any atom is 0.347 e. The van der Waals surface area contributed by atoms with E-state index in [0.29, 0.717) is 29.2 Å². The van der Waals surface area contributed by atoms with E-state index in [0.717, 1.165) is 16.7 Å². The highest BCUT2D eigenvalue weighted by Crippen LogP contribution is 2.38. The number of anilines is 1. The van der Waals surface area contributed by atoms with Crippen LogP contribution in [0.4, 0.5) is 5.88 Å². The zero-order valence-corrected chi connectivity index (χ0v) is 17.2. The van der Waals surface area contributed by atoms with E-state index in [1.54, 1.807) is 13.0 Å². The SMILES string of the molecule is Cc1cc2oc(NCc3ccccc3)c(-c3ccc(C(C)(C)C)cc3)c2c(=O)o1. The van der Waals surface area contributed by atoms with Crippen molar-refractivity contribution >= 4 is 16.9 Å². The van der Waals surface area contributed by atoms with Crippen molar-refractivity contribution in [2.24, 2.45) is 0 Å². The molecule has 0 atom stereocenters. The average Bonchev–Trinajstić information content (AvgIpc) is 3.05. The summed E-state index contributed by atoms with van der Waals surface area (Å²) in [6, 6.07) is 20.1. The van der Waals surface area contributed by atoms with Crippen molar-refractivity contribution in [1.29, 1.82) is 0 Å². The maximum atomic E-state index is 12.7. The van der Waals surface area contributed by atoms with Gasteiger partial charge in [-0.15, -0.1) is 0 Å². The quantitative estimate of drug-likeness (QED) is 0.448. The normalized spacial score (nSPS) is 11.7. The molecule has 2 heterocycles. The lowest BCUT2D eigenvalue weighted by molar-refractivity contribution is 0.485. The van der Waals surface area contributed by atoms with Crippen LogP contribution in [0.5, 0.6) is 0 Å². The van der Waals surface area contributed by atoms with Gasteiger partial charge in [-0.3, -0.25) is 0 Å². The van der Waals surface area contributed by atoms with Crippen LogP contribution in [0.25, 0.3) is 22.1 Å². The Morgan fingerprint density at radius 2 is 1.62 bits per heavy atom. The molecule has 1 N–H and O–H groups in total. The van der Waals surface area contributed by atoms with E-state index < -0.39 is 0 Å². The van der Waals surface area contributed by atoms with Gasteiger partial charge < -0.3 is 14.2 Å². The monoisotopic (exact) mass is 387 g/mol. The Morgan fingerprint density at radius 3 is 2.28 bits per heavy atom. The Morgan fingerprint density at radius 1 is 0.931 bits per heavy atom. The van der Waals surface area contributed by atoms with E-state index in [2.05, 4.69) is 38.2 Å². The summed E-state index contributed by atoms with van der Waals surface area (Å²) < 4.78 is 11.4. The van der Waals surface area contributed by atoms with Crippen molar-refractivity contribution in [3.63, 3.8) is 0 Å². The molecule has 0 radical (unpaired) electrons. The number of benzene rings is 2. The Labute approximate surface area is 170 Å². The van der Waals surface area contributed by atoms with Crippen molar-refractivity contribution in [2.75, 3.05) is 5.32 Å². The third-order valence-corrected chi connectivity index (χ3v) is 5.06. The summed E-state index contributed by atoms with van der Waals surface area (Å²) in [5.74, 6) is 1.10. The van der Waals surface area contributed by atoms with E-state index in [-0.39, 0.29) is 11.0 Å². The summed E-state index contributed by atoms with van der Waals surface area (Å²) in [6.45, 7) is 8.88. The molecule has 0 aliphatic heterocycles. The van der Waals surface area contributed by atoms with Crippen LogP contribution in [-0.4, -0.2) is 0 Å². The van der Waals surface area contributed by atoms with Gasteiger partial charge in [-0.2, -0.15) is 0 Å². The van der Waals surface area contributed by atoms with Gasteiger partial charge >= 0.3 is 5.63 Å². The number of hydrogen-bond acceptors (Lipinski definition) is 4. The predicted octanol–water partition coefficient (Wildman–Crippen LogP) is 6.27. The van der Waals surface area contributed by atoms with Crippen LogP contribution >= 0.6 is 0 Å². The van der Waals surface area contributed by atoms with Crippen LogP contribution in [0.1, 0.15) is 37.7 Å². The standard InChI is InChI=1S/C25H25NO3/c1-16-14-20-22(24(27)28-16)21(18-10-12-19(13-11-18)25(2,3)4)23(29-20)26-15-17-8-6-5-7-9-17/h5-14,26H,15H2,1-4H3. The molecule has 0 aliphatic rings. The van der Waals surface area contributed by atoms with E-state index >= 15 is 0 Å². The number of fused-ring (bicyclic) bond motifs is 1. The van der Waals surface area contributed by atoms with E-state index in [1.807, 2.05) is 42.5 Å². The molecule has 0 amide bonds. The molecule has 0 fully saturated rings. The molecule has 0 saturated heterocycles. The fraction of sp³-hybridized carbons (Fsp3) is 0.240. The molecular weight excluding hydrogens is 362 g/mol. The molecule has 148 valence electrons. The molecule has 4 aromatic rings. The largest absolute Gasteiger partial charge is 0.440 e. The lowest BCUT2D eigenvalue weighted by Gasteiger charge is -2.19. The molecular formula is C25H25NO3. The van der Waals surface area contributed by atoms with Gasteiger partial charge in [-0.05, 0) is 29.0 Å². The topological polar surface area (TPSA) is 55.4 Å². The van der Waals surface area contributed by atoms with Gasteiger partial charge in [0.05, 0.1) is 5.56 Å². The fourth-order valence-corrected chi connectivity index (χ4v) is 3.48. The van der Waals surface area contributed by atoms with Crippen molar-refractivity contribution in [3.8, 4) is 11.1 Å². The van der Waals surface area contributed by atoms with Crippen molar-refractivity contribution in [3.05, 3.63) is 88.0 Å². The first-order valence-corrected chi connectivity index (χ1v) is 9.79. The van der Waals surface area contributed by atoms with Crippen LogP contribution in [0, 0.1) is 6.92 Å². The predicted molar refractivity (Wildman–Crippen MR) is 117 cm³/mol. The first kappa shape index (κ1) is 19.1. The summed E-state index contributed by atoms with van der Waals surface area (Å²) >= 11 is 0. The van der Waals surface area contributed by atoms with Crippen molar-refractivity contribution in [2.45, 2.75) is 39.7 Å². The van der Waals surface area contributed by atoms with E-state index in [1.165, 1.54) is 5.56 Å². The molecule has 4 nitrogen and oxygen atoms in total. The second-order valence-electron chi connectivity index (χ2n) is 8.36. The van der Waals surface area contributed by atoms with Crippen molar-refractivity contribution < 1.29 is 8.83 Å². The minimum atomic E-state index is -0.383. The number of rotatable bonds is 4. The van der Waals surface area contributed by atoms with Gasteiger partial charge in [0.2, 0.25) is 5.88 Å². The molecule has 2 aromatic carbocycles. The number of hydrogen-bond donors (Lipinski definition) is 1. The Kier molecular flexibility index (Phi) is 4.79.